The number of benzene rings is 1. The van der Waals surface area contributed by atoms with E-state index in [1.54, 1.807) is 0 Å². The van der Waals surface area contributed by atoms with Crippen molar-refractivity contribution >= 4 is 0 Å². The Morgan fingerprint density at radius 3 is 1.52 bits per heavy atom. The maximum atomic E-state index is 14.1. The highest BCUT2D eigenvalue weighted by Gasteiger charge is 2.90. The molecular formula is C17H15F13O. The second-order valence-electron chi connectivity index (χ2n) is 6.96. The Morgan fingerprint density at radius 2 is 1.10 bits per heavy atom. The van der Waals surface area contributed by atoms with Gasteiger partial charge in [-0.3, -0.25) is 0 Å². The summed E-state index contributed by atoms with van der Waals surface area (Å²) in [6.07, 6.45) is -10.1. The highest BCUT2D eigenvalue weighted by molar-refractivity contribution is 5.32. The Kier molecular flexibility index (Phi) is 6.78. The molecule has 0 fully saturated rings. The van der Waals surface area contributed by atoms with Crippen molar-refractivity contribution in [2.24, 2.45) is 0 Å². The molecule has 31 heavy (non-hydrogen) atoms. The standard InChI is InChI=1S/C17H15F13O/c1-3-9-6-4-5-7-10(9)11(2,31)8-12(18,19)13(20,21)14(22,23)15(24,25)16(26,27)17(28,29)30/h4-7,31H,3,8H2,1-2H3. The number of alkyl halides is 13. The summed E-state index contributed by atoms with van der Waals surface area (Å²) in [4.78, 5) is 0. The molecule has 1 nitrogen and oxygen atoms in total. The van der Waals surface area contributed by atoms with Crippen molar-refractivity contribution in [2.75, 3.05) is 0 Å². The lowest BCUT2D eigenvalue weighted by Gasteiger charge is -2.41. The molecular weight excluding hydrogens is 467 g/mol. The van der Waals surface area contributed by atoms with Crippen molar-refractivity contribution in [1.82, 2.24) is 0 Å². The Balaban J connectivity index is 3.49. The number of hydrogen-bond donors (Lipinski definition) is 1. The summed E-state index contributed by atoms with van der Waals surface area (Å²) in [6.45, 7) is 1.86. The molecule has 14 heteroatoms. The molecule has 0 aromatic heterocycles. The van der Waals surface area contributed by atoms with Gasteiger partial charge >= 0.3 is 35.8 Å². The first-order chi connectivity index (χ1) is 13.5. The van der Waals surface area contributed by atoms with Gasteiger partial charge in [0.05, 0.1) is 12.0 Å². The Morgan fingerprint density at radius 1 is 0.677 bits per heavy atom. The van der Waals surface area contributed by atoms with Crippen molar-refractivity contribution in [3.63, 3.8) is 0 Å². The molecule has 1 unspecified atom stereocenters. The molecule has 0 amide bonds. The minimum atomic E-state index is -7.96. The quantitative estimate of drug-likeness (QED) is 0.415. The fourth-order valence-corrected chi connectivity index (χ4v) is 2.79. The van der Waals surface area contributed by atoms with Crippen LogP contribution in [-0.2, 0) is 12.0 Å². The van der Waals surface area contributed by atoms with E-state index >= 15 is 0 Å². The van der Waals surface area contributed by atoms with Crippen molar-refractivity contribution in [1.29, 1.82) is 0 Å². The highest BCUT2D eigenvalue weighted by Crippen LogP contribution is 2.61. The van der Waals surface area contributed by atoms with Crippen LogP contribution in [0.15, 0.2) is 24.3 Å². The molecule has 1 rings (SSSR count). The third-order valence-electron chi connectivity index (χ3n) is 4.54. The zero-order valence-electron chi connectivity index (χ0n) is 15.6. The predicted molar refractivity (Wildman–Crippen MR) is 80.8 cm³/mol. The van der Waals surface area contributed by atoms with Gasteiger partial charge in [0.1, 0.15) is 0 Å². The van der Waals surface area contributed by atoms with Gasteiger partial charge in [-0.15, -0.1) is 0 Å². The molecule has 0 aliphatic rings. The van der Waals surface area contributed by atoms with Gasteiger partial charge in [0.2, 0.25) is 0 Å². The van der Waals surface area contributed by atoms with E-state index in [-0.39, 0.29) is 12.0 Å². The summed E-state index contributed by atoms with van der Waals surface area (Å²) in [7, 11) is 0. The Bertz CT molecular complexity index is 780. The molecule has 0 radical (unpaired) electrons. The third kappa shape index (κ3) is 4.19. The molecule has 0 heterocycles. The van der Waals surface area contributed by atoms with E-state index in [0.717, 1.165) is 12.1 Å². The van der Waals surface area contributed by atoms with Crippen LogP contribution >= 0.6 is 0 Å². The minimum absolute atomic E-state index is 0.0142. The van der Waals surface area contributed by atoms with E-state index in [1.165, 1.54) is 19.1 Å². The normalized spacial score (nSPS) is 16.9. The summed E-state index contributed by atoms with van der Waals surface area (Å²) in [5, 5.41) is 10.2. The van der Waals surface area contributed by atoms with Crippen LogP contribution < -0.4 is 0 Å². The number of aliphatic hydroxyl groups is 1. The fraction of sp³-hybridized carbons (Fsp3) is 0.647. The zero-order chi connectivity index (χ0) is 24.9. The maximum Gasteiger partial charge on any atom is 0.460 e. The average molecular weight is 482 g/mol. The van der Waals surface area contributed by atoms with E-state index in [4.69, 9.17) is 0 Å². The van der Waals surface area contributed by atoms with E-state index < -0.39 is 53.4 Å². The maximum absolute atomic E-state index is 14.1. The fourth-order valence-electron chi connectivity index (χ4n) is 2.79. The molecule has 0 saturated heterocycles. The lowest BCUT2D eigenvalue weighted by Crippen LogP contribution is -2.70. The van der Waals surface area contributed by atoms with Gasteiger partial charge in [-0.05, 0) is 24.5 Å². The predicted octanol–water partition coefficient (Wildman–Crippen LogP) is 6.59. The molecule has 0 aliphatic heterocycles. The first kappa shape index (κ1) is 27.3. The first-order valence-corrected chi connectivity index (χ1v) is 8.28. The van der Waals surface area contributed by atoms with Crippen molar-refractivity contribution < 1.29 is 62.2 Å². The third-order valence-corrected chi connectivity index (χ3v) is 4.54. The largest absolute Gasteiger partial charge is 0.460 e. The lowest BCUT2D eigenvalue weighted by molar-refractivity contribution is -0.441. The number of rotatable bonds is 8. The molecule has 0 saturated carbocycles. The SMILES string of the molecule is CCc1ccccc1C(C)(O)CC(F)(F)C(F)(F)C(F)(F)C(F)(F)C(F)(F)C(F)(F)F. The highest BCUT2D eigenvalue weighted by atomic mass is 19.4. The van der Waals surface area contributed by atoms with E-state index in [1.807, 2.05) is 0 Å². The van der Waals surface area contributed by atoms with Crippen LogP contribution in [0.25, 0.3) is 0 Å². The number of hydrogen-bond acceptors (Lipinski definition) is 1. The number of aryl methyl sites for hydroxylation is 1. The van der Waals surface area contributed by atoms with Crippen LogP contribution in [0, 0.1) is 0 Å². The summed E-state index contributed by atoms with van der Waals surface area (Å²) in [5.74, 6) is -37.4. The van der Waals surface area contributed by atoms with Crippen molar-refractivity contribution in [3.05, 3.63) is 35.4 Å². The van der Waals surface area contributed by atoms with Crippen LogP contribution in [-0.4, -0.2) is 40.9 Å². The van der Waals surface area contributed by atoms with Crippen molar-refractivity contribution in [2.45, 2.75) is 68.1 Å². The van der Waals surface area contributed by atoms with E-state index in [9.17, 15) is 62.2 Å². The second-order valence-corrected chi connectivity index (χ2v) is 6.96. The summed E-state index contributed by atoms with van der Waals surface area (Å²) >= 11 is 0. The molecule has 1 atom stereocenters. The second kappa shape index (κ2) is 7.69. The van der Waals surface area contributed by atoms with Crippen LogP contribution in [0.5, 0.6) is 0 Å². The van der Waals surface area contributed by atoms with E-state index in [2.05, 4.69) is 0 Å². The molecule has 1 aromatic rings. The molecule has 0 spiro atoms. The van der Waals surface area contributed by atoms with E-state index in [0.29, 0.717) is 6.92 Å². The van der Waals surface area contributed by atoms with Gasteiger partial charge in [0, 0.05) is 0 Å². The van der Waals surface area contributed by atoms with Gasteiger partial charge in [0.15, 0.2) is 0 Å². The molecule has 0 bridgehead atoms. The molecule has 0 aliphatic carbocycles. The van der Waals surface area contributed by atoms with Crippen LogP contribution in [0.1, 0.15) is 31.4 Å². The van der Waals surface area contributed by atoms with Gasteiger partial charge in [-0.1, -0.05) is 31.2 Å². The zero-order valence-corrected chi connectivity index (χ0v) is 15.6. The molecule has 180 valence electrons. The summed E-state index contributed by atoms with van der Waals surface area (Å²) in [5.41, 5.74) is -3.52. The van der Waals surface area contributed by atoms with Crippen LogP contribution in [0.2, 0.25) is 0 Å². The smallest absolute Gasteiger partial charge is 0.385 e. The lowest BCUT2D eigenvalue weighted by atomic mass is 9.82. The number of halogens is 13. The first-order valence-electron chi connectivity index (χ1n) is 8.28. The van der Waals surface area contributed by atoms with Gasteiger partial charge in [0.25, 0.3) is 0 Å². The van der Waals surface area contributed by atoms with Crippen molar-refractivity contribution in [3.8, 4) is 0 Å². The van der Waals surface area contributed by atoms with Gasteiger partial charge in [-0.25, -0.2) is 0 Å². The topological polar surface area (TPSA) is 20.2 Å². The van der Waals surface area contributed by atoms with Crippen LogP contribution in [0.4, 0.5) is 57.1 Å². The summed E-state index contributed by atoms with van der Waals surface area (Å²) < 4.78 is 171. The Labute approximate surface area is 166 Å². The van der Waals surface area contributed by atoms with Crippen LogP contribution in [0.3, 0.4) is 0 Å². The molecule has 1 N–H and O–H groups in total. The average Bonchev–Trinajstić information content (AvgIpc) is 2.59. The monoisotopic (exact) mass is 482 g/mol. The summed E-state index contributed by atoms with van der Waals surface area (Å²) in [6, 6.07) is 4.62. The Hall–Kier alpha value is -1.73. The minimum Gasteiger partial charge on any atom is -0.385 e. The van der Waals surface area contributed by atoms with Gasteiger partial charge in [-0.2, -0.15) is 57.1 Å². The molecule has 1 aromatic carbocycles. The van der Waals surface area contributed by atoms with Gasteiger partial charge < -0.3 is 5.11 Å².